The molecule has 1 heterocycles. The van der Waals surface area contributed by atoms with Crippen LogP contribution in [0.25, 0.3) is 0 Å². The maximum atomic E-state index is 13.0. The summed E-state index contributed by atoms with van der Waals surface area (Å²) in [5.41, 5.74) is -2.80. The molecule has 2 N–H and O–H groups in total. The predicted molar refractivity (Wildman–Crippen MR) is 40.3 cm³/mol. The Balaban J connectivity index is 3.06. The molecule has 2 atom stereocenters. The lowest BCUT2D eigenvalue weighted by Crippen LogP contribution is -2.29. The van der Waals surface area contributed by atoms with E-state index in [1.807, 2.05) is 0 Å². The van der Waals surface area contributed by atoms with Crippen molar-refractivity contribution in [1.82, 2.24) is 10.2 Å². The molecular formula is C7H4F6N2O2. The molecular weight excluding hydrogens is 258 g/mol. The van der Waals surface area contributed by atoms with Crippen LogP contribution in [0.1, 0.15) is 22.4 Å². The fraction of sp³-hybridized carbons (Fsp3) is 0.429. The second-order valence-corrected chi connectivity index (χ2v) is 2.95. The molecule has 0 aliphatic carbocycles. The molecule has 0 aromatic carbocycles. The topological polar surface area (TPSA) is 66.0 Å². The molecule has 1 rings (SSSR count). The highest BCUT2D eigenvalue weighted by molar-refractivity contribution is 5.85. The Bertz CT molecular complexity index is 428. The summed E-state index contributed by atoms with van der Waals surface area (Å²) in [5.74, 6) is -3.78. The van der Waals surface area contributed by atoms with Crippen molar-refractivity contribution in [2.75, 3.05) is 0 Å². The van der Waals surface area contributed by atoms with E-state index in [2.05, 4.69) is 5.10 Å². The van der Waals surface area contributed by atoms with Crippen LogP contribution < -0.4 is 0 Å². The van der Waals surface area contributed by atoms with Crippen molar-refractivity contribution in [3.63, 3.8) is 0 Å². The van der Waals surface area contributed by atoms with Crippen molar-refractivity contribution < 1.29 is 36.2 Å². The van der Waals surface area contributed by atoms with Crippen molar-refractivity contribution >= 4 is 5.97 Å². The van der Waals surface area contributed by atoms with Gasteiger partial charge < -0.3 is 5.11 Å². The van der Waals surface area contributed by atoms with Gasteiger partial charge in [-0.2, -0.15) is 18.3 Å². The summed E-state index contributed by atoms with van der Waals surface area (Å²) in [5, 5.41) is 12.4. The monoisotopic (exact) mass is 262 g/mol. The third kappa shape index (κ3) is 2.50. The number of H-pyrrole nitrogens is 1. The number of nitrogens with one attached hydrogen (secondary N) is 1. The number of halogens is 6. The van der Waals surface area contributed by atoms with Gasteiger partial charge >= 0.3 is 12.1 Å². The Morgan fingerprint density at radius 2 is 1.88 bits per heavy atom. The number of aromatic carboxylic acids is 1. The zero-order valence-electron chi connectivity index (χ0n) is 7.73. The molecule has 0 aliphatic rings. The summed E-state index contributed by atoms with van der Waals surface area (Å²) in [4.78, 5) is 10.3. The third-order valence-corrected chi connectivity index (χ3v) is 1.78. The summed E-state index contributed by atoms with van der Waals surface area (Å²) in [6, 6.07) is 0. The van der Waals surface area contributed by atoms with Gasteiger partial charge in [-0.15, -0.1) is 0 Å². The highest BCUT2D eigenvalue weighted by atomic mass is 19.4. The Morgan fingerprint density at radius 1 is 1.35 bits per heavy atom. The van der Waals surface area contributed by atoms with E-state index >= 15 is 0 Å². The molecule has 0 bridgehead atoms. The highest BCUT2D eigenvalue weighted by Crippen LogP contribution is 2.35. The van der Waals surface area contributed by atoms with E-state index < -0.39 is 41.7 Å². The number of hydrogen-bond acceptors (Lipinski definition) is 2. The lowest BCUT2D eigenvalue weighted by atomic mass is 10.1. The van der Waals surface area contributed by atoms with Gasteiger partial charge in [-0.3, -0.25) is 5.10 Å². The minimum Gasteiger partial charge on any atom is -0.476 e. The van der Waals surface area contributed by atoms with Gasteiger partial charge in [-0.1, -0.05) is 0 Å². The average Bonchev–Trinajstić information content (AvgIpc) is 2.56. The van der Waals surface area contributed by atoms with E-state index in [1.54, 1.807) is 0 Å². The molecule has 0 amide bonds. The molecule has 0 saturated heterocycles. The van der Waals surface area contributed by atoms with E-state index in [0.29, 0.717) is 0 Å². The maximum absolute atomic E-state index is 13.0. The molecule has 0 fully saturated rings. The second kappa shape index (κ2) is 4.26. The first-order valence-corrected chi connectivity index (χ1v) is 3.98. The van der Waals surface area contributed by atoms with E-state index in [9.17, 15) is 31.1 Å². The standard InChI is InChI=1S/C7H4F6N2O2/c8-1-3(14-15-4(1)6(16)17)2(9)5(10)7(11,12)13/h2,5H,(H,14,15)(H,16,17). The van der Waals surface area contributed by atoms with Crippen molar-refractivity contribution in [2.45, 2.75) is 18.5 Å². The number of aromatic nitrogens is 2. The van der Waals surface area contributed by atoms with Crippen LogP contribution in [0, 0.1) is 5.82 Å². The SMILES string of the molecule is O=C(O)c1n[nH]c(C(F)C(F)C(F)(F)F)c1F. The third-order valence-electron chi connectivity index (χ3n) is 1.78. The van der Waals surface area contributed by atoms with Crippen LogP contribution in [0.3, 0.4) is 0 Å². The number of alkyl halides is 5. The molecule has 96 valence electrons. The fourth-order valence-electron chi connectivity index (χ4n) is 0.979. The lowest BCUT2D eigenvalue weighted by Gasteiger charge is -2.15. The molecule has 1 aromatic heterocycles. The summed E-state index contributed by atoms with van der Waals surface area (Å²) in [7, 11) is 0. The lowest BCUT2D eigenvalue weighted by molar-refractivity contribution is -0.197. The van der Waals surface area contributed by atoms with E-state index in [0.717, 1.165) is 0 Å². The van der Waals surface area contributed by atoms with Crippen LogP contribution in [0.4, 0.5) is 26.3 Å². The van der Waals surface area contributed by atoms with Crippen molar-refractivity contribution in [1.29, 1.82) is 0 Å². The molecule has 1 aromatic rings. The van der Waals surface area contributed by atoms with Crippen LogP contribution in [0.5, 0.6) is 0 Å². The van der Waals surface area contributed by atoms with Gasteiger partial charge in [0.05, 0.1) is 0 Å². The van der Waals surface area contributed by atoms with E-state index in [4.69, 9.17) is 5.11 Å². The molecule has 10 heteroatoms. The first-order chi connectivity index (χ1) is 7.66. The number of carboxylic acid groups (broad SMARTS) is 1. The Morgan fingerprint density at radius 3 is 2.24 bits per heavy atom. The second-order valence-electron chi connectivity index (χ2n) is 2.95. The maximum Gasteiger partial charge on any atom is 0.422 e. The van der Waals surface area contributed by atoms with Gasteiger partial charge in [0.15, 0.2) is 12.0 Å². The molecule has 2 unspecified atom stereocenters. The zero-order valence-corrected chi connectivity index (χ0v) is 7.73. The number of rotatable bonds is 3. The molecule has 0 radical (unpaired) electrons. The minimum absolute atomic E-state index is 1.31. The van der Waals surface area contributed by atoms with Crippen LogP contribution in [-0.4, -0.2) is 33.6 Å². The molecule has 0 aliphatic heterocycles. The van der Waals surface area contributed by atoms with Crippen LogP contribution >= 0.6 is 0 Å². The number of nitrogens with zero attached hydrogens (tertiary/aromatic N) is 1. The summed E-state index contributed by atoms with van der Waals surface area (Å²) in [6.45, 7) is 0. The number of hydrogen-bond donors (Lipinski definition) is 2. The van der Waals surface area contributed by atoms with Crippen LogP contribution in [0.15, 0.2) is 0 Å². The van der Waals surface area contributed by atoms with Gasteiger partial charge in [-0.05, 0) is 0 Å². The molecule has 17 heavy (non-hydrogen) atoms. The summed E-state index contributed by atoms with van der Waals surface area (Å²) in [6.07, 6.45) is -12.9. The van der Waals surface area contributed by atoms with E-state index in [1.165, 1.54) is 5.10 Å². The van der Waals surface area contributed by atoms with Gasteiger partial charge in [0.25, 0.3) is 0 Å². The predicted octanol–water partition coefficient (Wildman–Crippen LogP) is 2.16. The first-order valence-electron chi connectivity index (χ1n) is 3.98. The smallest absolute Gasteiger partial charge is 0.422 e. The fourth-order valence-corrected chi connectivity index (χ4v) is 0.979. The Kier molecular flexibility index (Phi) is 3.34. The largest absolute Gasteiger partial charge is 0.476 e. The molecule has 4 nitrogen and oxygen atoms in total. The van der Waals surface area contributed by atoms with Crippen molar-refractivity contribution in [2.24, 2.45) is 0 Å². The number of carboxylic acids is 1. The summed E-state index contributed by atoms with van der Waals surface area (Å²) < 4.78 is 73.9. The Hall–Kier alpha value is -1.74. The van der Waals surface area contributed by atoms with Crippen LogP contribution in [0.2, 0.25) is 0 Å². The normalized spacial score (nSPS) is 15.6. The minimum atomic E-state index is -5.53. The van der Waals surface area contributed by atoms with Gasteiger partial charge in [0.2, 0.25) is 11.9 Å². The van der Waals surface area contributed by atoms with E-state index in [-0.39, 0.29) is 0 Å². The average molecular weight is 262 g/mol. The van der Waals surface area contributed by atoms with Gasteiger partial charge in [-0.25, -0.2) is 18.0 Å². The van der Waals surface area contributed by atoms with Crippen LogP contribution in [-0.2, 0) is 0 Å². The quantitative estimate of drug-likeness (QED) is 0.820. The number of carbonyl (C=O) groups is 1. The first kappa shape index (κ1) is 13.3. The molecule has 0 saturated carbocycles. The summed E-state index contributed by atoms with van der Waals surface area (Å²) >= 11 is 0. The van der Waals surface area contributed by atoms with Crippen molar-refractivity contribution in [3.05, 3.63) is 17.2 Å². The Labute approximate surface area is 89.2 Å². The van der Waals surface area contributed by atoms with Crippen molar-refractivity contribution in [3.8, 4) is 0 Å². The zero-order chi connectivity index (χ0) is 13.4. The number of aromatic amines is 1. The molecule has 0 spiro atoms. The van der Waals surface area contributed by atoms with Gasteiger partial charge in [0, 0.05) is 0 Å². The highest BCUT2D eigenvalue weighted by Gasteiger charge is 2.48. The van der Waals surface area contributed by atoms with Gasteiger partial charge in [0.1, 0.15) is 5.69 Å².